The Kier molecular flexibility index (Phi) is 8.87. The lowest BCUT2D eigenvalue weighted by Crippen LogP contribution is -2.51. The maximum Gasteiger partial charge on any atom is 0.243 e. The summed E-state index contributed by atoms with van der Waals surface area (Å²) in [5, 5.41) is 4.66. The van der Waals surface area contributed by atoms with E-state index in [1.54, 1.807) is 25.1 Å². The van der Waals surface area contributed by atoms with Crippen molar-refractivity contribution in [1.82, 2.24) is 14.5 Å². The van der Waals surface area contributed by atoms with Gasteiger partial charge in [0, 0.05) is 19.6 Å². The van der Waals surface area contributed by atoms with Crippen LogP contribution in [0.5, 0.6) is 0 Å². The van der Waals surface area contributed by atoms with Gasteiger partial charge in [0.25, 0.3) is 0 Å². The van der Waals surface area contributed by atoms with E-state index in [2.05, 4.69) is 5.32 Å². The first-order valence-corrected chi connectivity index (χ1v) is 13.6. The fourth-order valence-corrected chi connectivity index (χ4v) is 5.09. The molecule has 3 rings (SSSR count). The Morgan fingerprint density at radius 2 is 1.64 bits per heavy atom. The monoisotopic (exact) mass is 509 g/mol. The van der Waals surface area contributed by atoms with Gasteiger partial charge in [-0.05, 0) is 55.7 Å². The molecule has 0 aliphatic heterocycles. The molecule has 2 amide bonds. The molecule has 0 unspecified atom stereocenters. The Bertz CT molecular complexity index is 1340. The summed E-state index contributed by atoms with van der Waals surface area (Å²) in [6, 6.07) is 19.3. The van der Waals surface area contributed by atoms with E-state index in [-0.39, 0.29) is 29.9 Å². The lowest BCUT2D eigenvalue weighted by Gasteiger charge is -2.31. The van der Waals surface area contributed by atoms with Crippen LogP contribution in [-0.2, 0) is 26.2 Å². The molecule has 0 aliphatic rings. The van der Waals surface area contributed by atoms with Gasteiger partial charge in [-0.3, -0.25) is 9.59 Å². The number of nitrogens with zero attached hydrogens (tertiary/aromatic N) is 2. The van der Waals surface area contributed by atoms with Gasteiger partial charge in [0.05, 0.1) is 11.4 Å². The van der Waals surface area contributed by atoms with Crippen LogP contribution < -0.4 is 5.32 Å². The van der Waals surface area contributed by atoms with E-state index in [1.807, 2.05) is 69.3 Å². The van der Waals surface area contributed by atoms with E-state index in [0.717, 1.165) is 32.6 Å². The number of hydrogen-bond acceptors (Lipinski definition) is 4. The lowest BCUT2D eigenvalue weighted by molar-refractivity contribution is -0.140. The highest BCUT2D eigenvalue weighted by Gasteiger charge is 2.30. The third-order valence-electron chi connectivity index (χ3n) is 6.39. The molecular formula is C28H35N3O4S. The van der Waals surface area contributed by atoms with Gasteiger partial charge in [0.1, 0.15) is 6.04 Å². The standard InChI is InChI=1S/C28H35N3O4S/c1-6-21(3)29-28(33)22(4)31(18-23-11-9-10-20(2)16-23)27(32)19-30(5)36(34,35)26-15-14-24-12-7-8-13-25(24)17-26/h7-17,21-22H,6,18-19H2,1-5H3,(H,29,33)/t21-,22-/m1/s1. The van der Waals surface area contributed by atoms with Crippen molar-refractivity contribution >= 4 is 32.6 Å². The number of likely N-dealkylation sites (N-methyl/N-ethyl adjacent to an activating group) is 1. The highest BCUT2D eigenvalue weighted by molar-refractivity contribution is 7.89. The van der Waals surface area contributed by atoms with Gasteiger partial charge >= 0.3 is 0 Å². The first-order chi connectivity index (χ1) is 17.0. The number of rotatable bonds is 10. The Morgan fingerprint density at radius 3 is 2.31 bits per heavy atom. The topological polar surface area (TPSA) is 86.8 Å². The average Bonchev–Trinajstić information content (AvgIpc) is 2.86. The number of carbonyl (C=O) groups is 2. The molecule has 3 aromatic rings. The number of amides is 2. The van der Waals surface area contributed by atoms with Crippen LogP contribution in [0, 0.1) is 6.92 Å². The molecular weight excluding hydrogens is 474 g/mol. The molecule has 192 valence electrons. The number of sulfonamides is 1. The Labute approximate surface area is 214 Å². The predicted molar refractivity (Wildman–Crippen MR) is 143 cm³/mol. The van der Waals surface area contributed by atoms with Gasteiger partial charge in [-0.2, -0.15) is 4.31 Å². The van der Waals surface area contributed by atoms with Crippen LogP contribution in [-0.4, -0.2) is 55.1 Å². The molecule has 3 aromatic carbocycles. The molecule has 8 heteroatoms. The molecule has 0 spiro atoms. The summed E-state index contributed by atoms with van der Waals surface area (Å²) in [4.78, 5) is 27.9. The second kappa shape index (κ2) is 11.7. The van der Waals surface area contributed by atoms with Crippen LogP contribution in [0.4, 0.5) is 0 Å². The van der Waals surface area contributed by atoms with Gasteiger partial charge in [-0.25, -0.2) is 8.42 Å². The number of hydrogen-bond donors (Lipinski definition) is 1. The molecule has 0 bridgehead atoms. The number of carbonyl (C=O) groups excluding carboxylic acids is 2. The number of fused-ring (bicyclic) bond motifs is 1. The quantitative estimate of drug-likeness (QED) is 0.446. The van der Waals surface area contributed by atoms with Crippen molar-refractivity contribution in [2.45, 2.75) is 57.6 Å². The summed E-state index contributed by atoms with van der Waals surface area (Å²) in [5.41, 5.74) is 1.90. The van der Waals surface area contributed by atoms with Crippen LogP contribution in [0.15, 0.2) is 71.6 Å². The van der Waals surface area contributed by atoms with Gasteiger partial charge < -0.3 is 10.2 Å². The second-order valence-electron chi connectivity index (χ2n) is 9.27. The summed E-state index contributed by atoms with van der Waals surface area (Å²) in [7, 11) is -2.54. The van der Waals surface area contributed by atoms with Crippen LogP contribution in [0.3, 0.4) is 0 Å². The van der Waals surface area contributed by atoms with Gasteiger partial charge in [0.2, 0.25) is 21.8 Å². The zero-order chi connectivity index (χ0) is 26.5. The summed E-state index contributed by atoms with van der Waals surface area (Å²) >= 11 is 0. The van der Waals surface area contributed by atoms with Crippen molar-refractivity contribution in [3.63, 3.8) is 0 Å². The van der Waals surface area contributed by atoms with Crippen LogP contribution >= 0.6 is 0 Å². The minimum Gasteiger partial charge on any atom is -0.352 e. The van der Waals surface area contributed by atoms with Crippen molar-refractivity contribution in [1.29, 1.82) is 0 Å². The van der Waals surface area contributed by atoms with E-state index in [0.29, 0.717) is 0 Å². The first-order valence-electron chi connectivity index (χ1n) is 12.1. The van der Waals surface area contributed by atoms with E-state index in [1.165, 1.54) is 11.9 Å². The molecule has 7 nitrogen and oxygen atoms in total. The molecule has 36 heavy (non-hydrogen) atoms. The summed E-state index contributed by atoms with van der Waals surface area (Å²) in [6.07, 6.45) is 0.761. The normalized spacial score (nSPS) is 13.4. The predicted octanol–water partition coefficient (Wildman–Crippen LogP) is 4.10. The first kappa shape index (κ1) is 27.4. The SMILES string of the molecule is CC[C@@H](C)NC(=O)[C@@H](C)N(Cc1cccc(C)c1)C(=O)CN(C)S(=O)(=O)c1ccc2ccccc2c1. The molecule has 0 aromatic heterocycles. The summed E-state index contributed by atoms with van der Waals surface area (Å²) in [5.74, 6) is -0.722. The van der Waals surface area contributed by atoms with Crippen LogP contribution in [0.2, 0.25) is 0 Å². The molecule has 0 saturated carbocycles. The molecule has 2 atom stereocenters. The zero-order valence-electron chi connectivity index (χ0n) is 21.6. The summed E-state index contributed by atoms with van der Waals surface area (Å²) < 4.78 is 27.6. The maximum absolute atomic E-state index is 13.5. The lowest BCUT2D eigenvalue weighted by atomic mass is 10.1. The van der Waals surface area contributed by atoms with Gasteiger partial charge in [-0.15, -0.1) is 0 Å². The van der Waals surface area contributed by atoms with E-state index in [9.17, 15) is 18.0 Å². The fourth-order valence-electron chi connectivity index (χ4n) is 3.93. The number of benzene rings is 3. The summed E-state index contributed by atoms with van der Waals surface area (Å²) in [6.45, 7) is 7.31. The van der Waals surface area contributed by atoms with Gasteiger partial charge in [-0.1, -0.05) is 67.1 Å². The highest BCUT2D eigenvalue weighted by atomic mass is 32.2. The number of aryl methyl sites for hydroxylation is 1. The molecule has 0 aliphatic carbocycles. The highest BCUT2D eigenvalue weighted by Crippen LogP contribution is 2.22. The third-order valence-corrected chi connectivity index (χ3v) is 8.19. The van der Waals surface area contributed by atoms with Gasteiger partial charge in [0.15, 0.2) is 0 Å². The molecule has 0 saturated heterocycles. The average molecular weight is 510 g/mol. The minimum atomic E-state index is -3.92. The van der Waals surface area contributed by atoms with E-state index >= 15 is 0 Å². The van der Waals surface area contributed by atoms with Crippen molar-refractivity contribution in [3.05, 3.63) is 77.9 Å². The van der Waals surface area contributed by atoms with E-state index < -0.39 is 22.0 Å². The zero-order valence-corrected chi connectivity index (χ0v) is 22.4. The largest absolute Gasteiger partial charge is 0.352 e. The van der Waals surface area contributed by atoms with Crippen molar-refractivity contribution in [2.24, 2.45) is 0 Å². The Hall–Kier alpha value is -3.23. The molecule has 1 N–H and O–H groups in total. The third kappa shape index (κ3) is 6.50. The molecule has 0 fully saturated rings. The fraction of sp³-hybridized carbons (Fsp3) is 0.357. The smallest absolute Gasteiger partial charge is 0.243 e. The molecule has 0 radical (unpaired) electrons. The van der Waals surface area contributed by atoms with Crippen molar-refractivity contribution in [2.75, 3.05) is 13.6 Å². The Balaban J connectivity index is 1.85. The molecule has 0 heterocycles. The second-order valence-corrected chi connectivity index (χ2v) is 11.3. The van der Waals surface area contributed by atoms with E-state index in [4.69, 9.17) is 0 Å². The number of nitrogens with one attached hydrogen (secondary N) is 1. The van der Waals surface area contributed by atoms with Crippen molar-refractivity contribution < 1.29 is 18.0 Å². The van der Waals surface area contributed by atoms with Crippen LogP contribution in [0.1, 0.15) is 38.3 Å². The maximum atomic E-state index is 13.5. The Morgan fingerprint density at radius 1 is 0.944 bits per heavy atom. The van der Waals surface area contributed by atoms with Crippen LogP contribution in [0.25, 0.3) is 10.8 Å². The minimum absolute atomic E-state index is 0.0353. The van der Waals surface area contributed by atoms with Crippen molar-refractivity contribution in [3.8, 4) is 0 Å².